The number of allylic oxidation sites excluding steroid dienone is 1. The van der Waals surface area contributed by atoms with Crippen molar-refractivity contribution in [3.63, 3.8) is 0 Å². The molecule has 0 bridgehead atoms. The summed E-state index contributed by atoms with van der Waals surface area (Å²) in [6.07, 6.45) is 3.36. The van der Waals surface area contributed by atoms with Crippen LogP contribution in [0.1, 0.15) is 31.7 Å². The standard InChI is InChI=1S/C17H20O3/c1-4-16(2,13-9-6-5-7-10-13)17(15(19)20-3)12-8-11-14(17)18/h4-7,9-10H,1,8,11-12H2,2-3H3/t16-,17+/m0/s1. The molecule has 1 aromatic carbocycles. The molecule has 3 heteroatoms. The minimum atomic E-state index is -1.15. The molecule has 2 atom stereocenters. The van der Waals surface area contributed by atoms with Crippen molar-refractivity contribution in [3.8, 4) is 0 Å². The van der Waals surface area contributed by atoms with Gasteiger partial charge >= 0.3 is 5.97 Å². The van der Waals surface area contributed by atoms with Crippen molar-refractivity contribution in [1.82, 2.24) is 0 Å². The van der Waals surface area contributed by atoms with Gasteiger partial charge in [0.15, 0.2) is 5.78 Å². The van der Waals surface area contributed by atoms with Crippen LogP contribution in [0.15, 0.2) is 43.0 Å². The summed E-state index contributed by atoms with van der Waals surface area (Å²) < 4.78 is 4.97. The molecule has 0 amide bonds. The molecule has 1 aliphatic carbocycles. The number of carbonyl (C=O) groups is 2. The Hall–Kier alpha value is -1.90. The summed E-state index contributed by atoms with van der Waals surface area (Å²) in [5.74, 6) is -0.498. The lowest BCUT2D eigenvalue weighted by atomic mass is 9.59. The van der Waals surface area contributed by atoms with Crippen molar-refractivity contribution in [2.75, 3.05) is 7.11 Å². The largest absolute Gasteiger partial charge is 0.468 e. The lowest BCUT2D eigenvalue weighted by Crippen LogP contribution is -2.51. The molecule has 0 unspecified atom stereocenters. The molecule has 3 nitrogen and oxygen atoms in total. The van der Waals surface area contributed by atoms with E-state index in [1.165, 1.54) is 7.11 Å². The third kappa shape index (κ3) is 1.80. The average Bonchev–Trinajstić information content (AvgIpc) is 2.89. The number of benzene rings is 1. The van der Waals surface area contributed by atoms with Crippen LogP contribution in [-0.4, -0.2) is 18.9 Å². The second kappa shape index (κ2) is 5.23. The SMILES string of the molecule is C=C[C@@](C)(c1ccccc1)[C@]1(C(=O)OC)CCCC1=O. The van der Waals surface area contributed by atoms with Gasteiger partial charge in [0.25, 0.3) is 0 Å². The van der Waals surface area contributed by atoms with Crippen LogP contribution in [0.2, 0.25) is 0 Å². The van der Waals surface area contributed by atoms with Crippen LogP contribution in [0.4, 0.5) is 0 Å². The van der Waals surface area contributed by atoms with E-state index >= 15 is 0 Å². The van der Waals surface area contributed by atoms with E-state index in [-0.39, 0.29) is 5.78 Å². The van der Waals surface area contributed by atoms with Crippen molar-refractivity contribution >= 4 is 11.8 Å². The van der Waals surface area contributed by atoms with Gasteiger partial charge in [0.2, 0.25) is 0 Å². The number of rotatable bonds is 4. The number of ether oxygens (including phenoxy) is 1. The molecule has 0 aromatic heterocycles. The summed E-state index contributed by atoms with van der Waals surface area (Å²) in [5.41, 5.74) is -0.990. The Morgan fingerprint density at radius 3 is 2.50 bits per heavy atom. The van der Waals surface area contributed by atoms with Crippen LogP contribution in [-0.2, 0) is 19.7 Å². The molecular formula is C17H20O3. The summed E-state index contributed by atoms with van der Waals surface area (Å²) >= 11 is 0. The van der Waals surface area contributed by atoms with E-state index in [4.69, 9.17) is 4.74 Å². The van der Waals surface area contributed by atoms with Gasteiger partial charge < -0.3 is 4.74 Å². The van der Waals surface area contributed by atoms with Crippen LogP contribution < -0.4 is 0 Å². The van der Waals surface area contributed by atoms with Crippen LogP contribution in [0, 0.1) is 5.41 Å². The maximum Gasteiger partial charge on any atom is 0.320 e. The maximum atomic E-state index is 12.5. The lowest BCUT2D eigenvalue weighted by Gasteiger charge is -2.41. The van der Waals surface area contributed by atoms with Crippen LogP contribution in [0.25, 0.3) is 0 Å². The van der Waals surface area contributed by atoms with E-state index in [0.717, 1.165) is 5.56 Å². The van der Waals surface area contributed by atoms with Crippen molar-refractivity contribution in [2.45, 2.75) is 31.6 Å². The zero-order chi connectivity index (χ0) is 14.8. The molecule has 1 saturated carbocycles. The molecule has 1 aliphatic rings. The average molecular weight is 272 g/mol. The van der Waals surface area contributed by atoms with E-state index in [1.807, 2.05) is 37.3 Å². The molecule has 0 radical (unpaired) electrons. The molecule has 0 N–H and O–H groups in total. The quantitative estimate of drug-likeness (QED) is 0.480. The number of ketones is 1. The van der Waals surface area contributed by atoms with Gasteiger partial charge in [0.1, 0.15) is 5.41 Å². The maximum absolute atomic E-state index is 12.5. The molecule has 1 aromatic rings. The Bertz CT molecular complexity index is 534. The predicted octanol–water partition coefficient (Wildman–Crippen LogP) is 3.04. The molecular weight excluding hydrogens is 252 g/mol. The fraction of sp³-hybridized carbons (Fsp3) is 0.412. The van der Waals surface area contributed by atoms with E-state index in [1.54, 1.807) is 6.08 Å². The Morgan fingerprint density at radius 1 is 1.40 bits per heavy atom. The highest BCUT2D eigenvalue weighted by Gasteiger charge is 2.60. The second-order valence-electron chi connectivity index (χ2n) is 5.45. The number of Topliss-reactive ketones (excluding diaryl/α,β-unsaturated/α-hetero) is 1. The highest BCUT2D eigenvalue weighted by molar-refractivity contribution is 6.07. The van der Waals surface area contributed by atoms with Gasteiger partial charge in [-0.2, -0.15) is 0 Å². The van der Waals surface area contributed by atoms with Gasteiger partial charge in [-0.05, 0) is 18.4 Å². The molecule has 20 heavy (non-hydrogen) atoms. The van der Waals surface area contributed by atoms with Crippen molar-refractivity contribution in [2.24, 2.45) is 5.41 Å². The minimum Gasteiger partial charge on any atom is -0.468 e. The van der Waals surface area contributed by atoms with Crippen LogP contribution >= 0.6 is 0 Å². The third-order valence-corrected chi connectivity index (χ3v) is 4.63. The summed E-state index contributed by atoms with van der Waals surface area (Å²) in [5, 5.41) is 0. The summed E-state index contributed by atoms with van der Waals surface area (Å²) in [4.78, 5) is 25.0. The second-order valence-corrected chi connectivity index (χ2v) is 5.45. The number of carbonyl (C=O) groups excluding carboxylic acids is 2. The molecule has 2 rings (SSSR count). The Morgan fingerprint density at radius 2 is 2.05 bits per heavy atom. The highest BCUT2D eigenvalue weighted by Crippen LogP contribution is 2.52. The smallest absolute Gasteiger partial charge is 0.320 e. The first-order chi connectivity index (χ1) is 9.53. The first kappa shape index (κ1) is 14.5. The topological polar surface area (TPSA) is 43.4 Å². The van der Waals surface area contributed by atoms with Crippen molar-refractivity contribution in [1.29, 1.82) is 0 Å². The summed E-state index contributed by atoms with van der Waals surface area (Å²) in [6.45, 7) is 5.79. The van der Waals surface area contributed by atoms with Crippen LogP contribution in [0.3, 0.4) is 0 Å². The van der Waals surface area contributed by atoms with Crippen molar-refractivity contribution in [3.05, 3.63) is 48.6 Å². The molecule has 0 heterocycles. The van der Waals surface area contributed by atoms with Gasteiger partial charge in [0, 0.05) is 11.8 Å². The lowest BCUT2D eigenvalue weighted by molar-refractivity contribution is -0.160. The third-order valence-electron chi connectivity index (χ3n) is 4.63. The van der Waals surface area contributed by atoms with Gasteiger partial charge in [0.05, 0.1) is 7.11 Å². The molecule has 106 valence electrons. The van der Waals surface area contributed by atoms with E-state index in [0.29, 0.717) is 19.3 Å². The Kier molecular flexibility index (Phi) is 3.80. The molecule has 0 aliphatic heterocycles. The summed E-state index contributed by atoms with van der Waals surface area (Å²) in [6, 6.07) is 9.58. The van der Waals surface area contributed by atoms with Crippen LogP contribution in [0.5, 0.6) is 0 Å². The fourth-order valence-corrected chi connectivity index (χ4v) is 3.34. The Balaban J connectivity index is 2.65. The number of hydrogen-bond acceptors (Lipinski definition) is 3. The number of esters is 1. The molecule has 0 spiro atoms. The van der Waals surface area contributed by atoms with Gasteiger partial charge in [-0.15, -0.1) is 6.58 Å². The van der Waals surface area contributed by atoms with Gasteiger partial charge in [-0.3, -0.25) is 9.59 Å². The van der Waals surface area contributed by atoms with E-state index < -0.39 is 16.8 Å². The van der Waals surface area contributed by atoms with E-state index in [9.17, 15) is 9.59 Å². The minimum absolute atomic E-state index is 0.0457. The highest BCUT2D eigenvalue weighted by atomic mass is 16.5. The molecule has 1 fully saturated rings. The Labute approximate surface area is 119 Å². The zero-order valence-corrected chi connectivity index (χ0v) is 12.0. The fourth-order valence-electron chi connectivity index (χ4n) is 3.34. The predicted molar refractivity (Wildman–Crippen MR) is 77.3 cm³/mol. The van der Waals surface area contributed by atoms with Gasteiger partial charge in [-0.25, -0.2) is 0 Å². The monoisotopic (exact) mass is 272 g/mol. The summed E-state index contributed by atoms with van der Waals surface area (Å²) in [7, 11) is 1.34. The van der Waals surface area contributed by atoms with E-state index in [2.05, 4.69) is 6.58 Å². The zero-order valence-electron chi connectivity index (χ0n) is 12.0. The number of methoxy groups -OCH3 is 1. The van der Waals surface area contributed by atoms with Gasteiger partial charge in [-0.1, -0.05) is 43.3 Å². The molecule has 0 saturated heterocycles. The first-order valence-corrected chi connectivity index (χ1v) is 6.84. The number of hydrogen-bond donors (Lipinski definition) is 0. The first-order valence-electron chi connectivity index (χ1n) is 6.84. The van der Waals surface area contributed by atoms with Crippen molar-refractivity contribution < 1.29 is 14.3 Å². The normalized spacial score (nSPS) is 25.0.